The predicted octanol–water partition coefficient (Wildman–Crippen LogP) is 3.71. The summed E-state index contributed by atoms with van der Waals surface area (Å²) < 4.78 is 18.0. The first kappa shape index (κ1) is 12.3. The maximum Gasteiger partial charge on any atom is 0.214 e. The number of nitrogens with zero attached hydrogens (tertiary/aromatic N) is 1. The third-order valence-corrected chi connectivity index (χ3v) is 2.91. The Bertz CT molecular complexity index is 733. The largest absolute Gasteiger partial charge is 0.356 e. The van der Waals surface area contributed by atoms with Gasteiger partial charge in [0.15, 0.2) is 11.5 Å². The summed E-state index contributed by atoms with van der Waals surface area (Å²) in [5.41, 5.74) is 1.42. The van der Waals surface area contributed by atoms with Gasteiger partial charge in [-0.25, -0.2) is 4.39 Å². The molecule has 20 heavy (non-hydrogen) atoms. The van der Waals surface area contributed by atoms with Crippen molar-refractivity contribution in [1.29, 1.82) is 0 Å². The van der Waals surface area contributed by atoms with Crippen LogP contribution < -0.4 is 0 Å². The summed E-state index contributed by atoms with van der Waals surface area (Å²) in [5, 5.41) is 3.77. The van der Waals surface area contributed by atoms with E-state index in [9.17, 15) is 9.18 Å². The third-order valence-electron chi connectivity index (χ3n) is 2.91. The van der Waals surface area contributed by atoms with E-state index < -0.39 is 0 Å². The summed E-state index contributed by atoms with van der Waals surface area (Å²) in [5.74, 6) is -0.154. The lowest BCUT2D eigenvalue weighted by Crippen LogP contribution is -2.01. The van der Waals surface area contributed by atoms with Crippen LogP contribution in [-0.2, 0) is 0 Å². The van der Waals surface area contributed by atoms with Crippen molar-refractivity contribution in [3.05, 3.63) is 77.7 Å². The van der Waals surface area contributed by atoms with Gasteiger partial charge < -0.3 is 4.52 Å². The fraction of sp³-hybridized carbons (Fsp3) is 0. The van der Waals surface area contributed by atoms with Crippen LogP contribution in [0.15, 0.2) is 65.2 Å². The van der Waals surface area contributed by atoms with Crippen LogP contribution in [0.4, 0.5) is 4.39 Å². The van der Waals surface area contributed by atoms with Crippen LogP contribution in [0, 0.1) is 5.82 Å². The van der Waals surface area contributed by atoms with Crippen molar-refractivity contribution in [3.8, 4) is 11.3 Å². The Morgan fingerprint density at radius 1 is 1.00 bits per heavy atom. The number of ketones is 1. The molecule has 0 unspecified atom stereocenters. The van der Waals surface area contributed by atoms with E-state index in [-0.39, 0.29) is 17.3 Å². The van der Waals surface area contributed by atoms with Crippen molar-refractivity contribution in [2.45, 2.75) is 0 Å². The van der Waals surface area contributed by atoms with Crippen molar-refractivity contribution in [1.82, 2.24) is 5.16 Å². The molecule has 98 valence electrons. The highest BCUT2D eigenvalue weighted by Crippen LogP contribution is 2.21. The second-order valence-electron chi connectivity index (χ2n) is 4.28. The Labute approximate surface area is 114 Å². The number of halogens is 1. The molecule has 0 bridgehead atoms. The monoisotopic (exact) mass is 267 g/mol. The van der Waals surface area contributed by atoms with Gasteiger partial charge >= 0.3 is 0 Å². The normalized spacial score (nSPS) is 10.4. The third kappa shape index (κ3) is 2.36. The summed E-state index contributed by atoms with van der Waals surface area (Å²) in [7, 11) is 0. The molecule has 2 aromatic carbocycles. The molecule has 0 saturated heterocycles. The average Bonchev–Trinajstić information content (AvgIpc) is 2.98. The van der Waals surface area contributed by atoms with E-state index in [2.05, 4.69) is 5.16 Å². The van der Waals surface area contributed by atoms with Crippen LogP contribution in [0.1, 0.15) is 16.1 Å². The Balaban J connectivity index is 1.90. The molecular weight excluding hydrogens is 257 g/mol. The fourth-order valence-electron chi connectivity index (χ4n) is 1.87. The van der Waals surface area contributed by atoms with Crippen molar-refractivity contribution >= 4 is 5.78 Å². The highest BCUT2D eigenvalue weighted by Gasteiger charge is 2.15. The maximum absolute atomic E-state index is 12.8. The van der Waals surface area contributed by atoms with E-state index >= 15 is 0 Å². The van der Waals surface area contributed by atoms with Crippen molar-refractivity contribution in [2.75, 3.05) is 0 Å². The van der Waals surface area contributed by atoms with Crippen molar-refractivity contribution in [3.63, 3.8) is 0 Å². The van der Waals surface area contributed by atoms with Crippen molar-refractivity contribution < 1.29 is 13.7 Å². The maximum atomic E-state index is 12.8. The quantitative estimate of drug-likeness (QED) is 0.679. The predicted molar refractivity (Wildman–Crippen MR) is 71.8 cm³/mol. The van der Waals surface area contributed by atoms with Gasteiger partial charge in [0.2, 0.25) is 5.78 Å². The van der Waals surface area contributed by atoms with E-state index in [4.69, 9.17) is 4.52 Å². The first-order valence-electron chi connectivity index (χ1n) is 6.06. The van der Waals surface area contributed by atoms with Gasteiger partial charge in [-0.3, -0.25) is 4.79 Å². The van der Waals surface area contributed by atoms with Gasteiger partial charge in [0, 0.05) is 17.2 Å². The minimum absolute atomic E-state index is 0.204. The Kier molecular flexibility index (Phi) is 3.13. The van der Waals surface area contributed by atoms with E-state index in [1.54, 1.807) is 6.07 Å². The number of benzene rings is 2. The smallest absolute Gasteiger partial charge is 0.214 e. The van der Waals surface area contributed by atoms with Gasteiger partial charge in [0.1, 0.15) is 5.82 Å². The standard InChI is InChI=1S/C16H10FNO2/c17-13-8-6-12(7-9-13)16(19)14-10-15(20-18-14)11-4-2-1-3-5-11/h1-10H. The van der Waals surface area contributed by atoms with Gasteiger partial charge in [-0.1, -0.05) is 35.5 Å². The SMILES string of the molecule is O=C(c1ccc(F)cc1)c1cc(-c2ccccc2)on1. The molecule has 0 spiro atoms. The lowest BCUT2D eigenvalue weighted by molar-refractivity contribution is 0.103. The minimum atomic E-state index is -0.383. The number of aromatic nitrogens is 1. The zero-order chi connectivity index (χ0) is 13.9. The van der Waals surface area contributed by atoms with Crippen LogP contribution >= 0.6 is 0 Å². The zero-order valence-corrected chi connectivity index (χ0v) is 10.4. The van der Waals surface area contributed by atoms with Gasteiger partial charge in [-0.2, -0.15) is 0 Å². The molecule has 0 aliphatic carbocycles. The van der Waals surface area contributed by atoms with E-state index in [1.165, 1.54) is 24.3 Å². The highest BCUT2D eigenvalue weighted by molar-refractivity contribution is 6.08. The molecule has 0 aliphatic rings. The molecule has 3 nitrogen and oxygen atoms in total. The Morgan fingerprint density at radius 2 is 1.70 bits per heavy atom. The molecule has 4 heteroatoms. The molecule has 3 aromatic rings. The number of carbonyl (C=O) groups excluding carboxylic acids is 1. The van der Waals surface area contributed by atoms with Gasteiger partial charge in [-0.05, 0) is 24.3 Å². The fourth-order valence-corrected chi connectivity index (χ4v) is 1.87. The van der Waals surface area contributed by atoms with Crippen LogP contribution in [0.2, 0.25) is 0 Å². The number of hydrogen-bond donors (Lipinski definition) is 0. The molecule has 0 amide bonds. The first-order chi connectivity index (χ1) is 9.74. The second-order valence-corrected chi connectivity index (χ2v) is 4.28. The Hall–Kier alpha value is -2.75. The van der Waals surface area contributed by atoms with Gasteiger partial charge in [0.25, 0.3) is 0 Å². The molecule has 1 heterocycles. The Morgan fingerprint density at radius 3 is 2.40 bits per heavy atom. The molecule has 3 rings (SSSR count). The van der Waals surface area contributed by atoms with Crippen molar-refractivity contribution in [2.24, 2.45) is 0 Å². The van der Waals surface area contributed by atoms with Crippen LogP contribution in [0.5, 0.6) is 0 Å². The molecule has 0 N–H and O–H groups in total. The zero-order valence-electron chi connectivity index (χ0n) is 10.4. The number of carbonyl (C=O) groups is 1. The number of rotatable bonds is 3. The van der Waals surface area contributed by atoms with E-state index in [0.29, 0.717) is 11.3 Å². The van der Waals surface area contributed by atoms with Crippen LogP contribution in [0.25, 0.3) is 11.3 Å². The molecule has 0 aliphatic heterocycles. The minimum Gasteiger partial charge on any atom is -0.356 e. The first-order valence-corrected chi connectivity index (χ1v) is 6.06. The lowest BCUT2D eigenvalue weighted by atomic mass is 10.1. The summed E-state index contributed by atoms with van der Waals surface area (Å²) in [6.45, 7) is 0. The topological polar surface area (TPSA) is 43.1 Å². The van der Waals surface area contributed by atoms with Gasteiger partial charge in [-0.15, -0.1) is 0 Å². The number of hydrogen-bond acceptors (Lipinski definition) is 3. The summed E-state index contributed by atoms with van der Waals surface area (Å²) in [6, 6.07) is 16.3. The lowest BCUT2D eigenvalue weighted by Gasteiger charge is -1.95. The van der Waals surface area contributed by atoms with E-state index in [0.717, 1.165) is 5.56 Å². The van der Waals surface area contributed by atoms with E-state index in [1.807, 2.05) is 30.3 Å². The van der Waals surface area contributed by atoms with Crippen LogP contribution in [-0.4, -0.2) is 10.9 Å². The summed E-state index contributed by atoms with van der Waals surface area (Å²) in [6.07, 6.45) is 0. The van der Waals surface area contributed by atoms with Crippen LogP contribution in [0.3, 0.4) is 0 Å². The molecule has 0 radical (unpaired) electrons. The molecule has 0 saturated carbocycles. The average molecular weight is 267 g/mol. The summed E-state index contributed by atoms with van der Waals surface area (Å²) in [4.78, 5) is 12.2. The van der Waals surface area contributed by atoms with Gasteiger partial charge in [0.05, 0.1) is 0 Å². The second kappa shape index (κ2) is 5.09. The molecular formula is C16H10FNO2. The summed E-state index contributed by atoms with van der Waals surface area (Å²) >= 11 is 0. The highest BCUT2D eigenvalue weighted by atomic mass is 19.1. The molecule has 0 fully saturated rings. The molecule has 0 atom stereocenters. The molecule has 1 aromatic heterocycles.